The van der Waals surface area contributed by atoms with Crippen molar-refractivity contribution in [3.8, 4) is 5.75 Å². The SMILES string of the molecule is O=C1c2c(O)c(=O)ccn2N(C2c3ccccc3SCc3cccc(Cl)c32)C2COCCN12. The van der Waals surface area contributed by atoms with E-state index in [9.17, 15) is 14.7 Å². The molecule has 1 saturated heterocycles. The smallest absolute Gasteiger partial charge is 0.278 e. The molecule has 9 heteroatoms. The van der Waals surface area contributed by atoms with Crippen molar-refractivity contribution in [2.24, 2.45) is 0 Å². The standard InChI is InChI=1S/C24H20ClN3O4S/c25-16-6-3-4-14-13-33-18-7-2-1-5-15(18)21(20(14)16)28-19-12-32-11-10-26(19)24(31)22-23(30)17(29)8-9-27(22)28/h1-9,19,21,30H,10-13H2. The second-order valence-corrected chi connectivity index (χ2v) is 9.62. The number of nitrogens with zero attached hydrogens (tertiary/aromatic N) is 3. The number of ether oxygens (including phenoxy) is 1. The minimum Gasteiger partial charge on any atom is -0.502 e. The van der Waals surface area contributed by atoms with E-state index in [1.807, 2.05) is 29.3 Å². The number of rotatable bonds is 1. The molecule has 1 amide bonds. The molecule has 3 aliphatic heterocycles. The van der Waals surface area contributed by atoms with E-state index in [0.717, 1.165) is 27.3 Å². The molecular weight excluding hydrogens is 462 g/mol. The highest BCUT2D eigenvalue weighted by Gasteiger charge is 2.46. The summed E-state index contributed by atoms with van der Waals surface area (Å²) in [5.74, 6) is -0.179. The van der Waals surface area contributed by atoms with Crippen LogP contribution in [0.2, 0.25) is 5.02 Å². The largest absolute Gasteiger partial charge is 0.502 e. The number of hydrogen-bond donors (Lipinski definition) is 1. The number of carbonyl (C=O) groups is 1. The minimum absolute atomic E-state index is 0.0383. The Morgan fingerprint density at radius 3 is 2.82 bits per heavy atom. The molecule has 0 aliphatic carbocycles. The van der Waals surface area contributed by atoms with Crippen molar-refractivity contribution < 1.29 is 14.6 Å². The number of aromatic nitrogens is 1. The van der Waals surface area contributed by atoms with Gasteiger partial charge in [-0.25, -0.2) is 0 Å². The highest BCUT2D eigenvalue weighted by atomic mass is 35.5. The molecule has 33 heavy (non-hydrogen) atoms. The Morgan fingerprint density at radius 1 is 1.09 bits per heavy atom. The molecule has 3 aliphatic rings. The molecule has 0 spiro atoms. The average Bonchev–Trinajstić information content (AvgIpc) is 3.00. The van der Waals surface area contributed by atoms with Crippen molar-refractivity contribution in [3.63, 3.8) is 0 Å². The van der Waals surface area contributed by atoms with E-state index in [1.165, 1.54) is 6.07 Å². The van der Waals surface area contributed by atoms with Crippen molar-refractivity contribution in [1.29, 1.82) is 0 Å². The Labute approximate surface area is 199 Å². The maximum atomic E-state index is 13.4. The lowest BCUT2D eigenvalue weighted by molar-refractivity contribution is -0.0197. The summed E-state index contributed by atoms with van der Waals surface area (Å²) >= 11 is 8.57. The number of aromatic hydroxyl groups is 1. The monoisotopic (exact) mass is 481 g/mol. The maximum absolute atomic E-state index is 13.4. The van der Waals surface area contributed by atoms with Crippen molar-refractivity contribution in [3.05, 3.63) is 92.4 Å². The summed E-state index contributed by atoms with van der Waals surface area (Å²) in [5.41, 5.74) is 2.46. The van der Waals surface area contributed by atoms with E-state index in [2.05, 4.69) is 18.2 Å². The second-order valence-electron chi connectivity index (χ2n) is 8.20. The van der Waals surface area contributed by atoms with Crippen LogP contribution < -0.4 is 10.4 Å². The normalized spacial score (nSPS) is 21.5. The van der Waals surface area contributed by atoms with Crippen molar-refractivity contribution >= 4 is 29.3 Å². The third-order valence-electron chi connectivity index (χ3n) is 6.45. The third kappa shape index (κ3) is 3.08. The molecule has 4 heterocycles. The average molecular weight is 482 g/mol. The summed E-state index contributed by atoms with van der Waals surface area (Å²) < 4.78 is 7.41. The second kappa shape index (κ2) is 7.83. The van der Waals surface area contributed by atoms with Gasteiger partial charge in [0.15, 0.2) is 11.4 Å². The highest BCUT2D eigenvalue weighted by Crippen LogP contribution is 2.46. The van der Waals surface area contributed by atoms with Crippen molar-refractivity contribution in [1.82, 2.24) is 9.58 Å². The van der Waals surface area contributed by atoms with Gasteiger partial charge in [-0.2, -0.15) is 0 Å². The zero-order chi connectivity index (χ0) is 22.7. The summed E-state index contributed by atoms with van der Waals surface area (Å²) in [6, 6.07) is 14.9. The van der Waals surface area contributed by atoms with Crippen LogP contribution in [0.4, 0.5) is 0 Å². The van der Waals surface area contributed by atoms with Crippen LogP contribution in [0.15, 0.2) is 64.4 Å². The zero-order valence-electron chi connectivity index (χ0n) is 17.5. The molecular formula is C24H20ClN3O4S. The topological polar surface area (TPSA) is 75.0 Å². The van der Waals surface area contributed by atoms with Crippen LogP contribution in [0.5, 0.6) is 5.75 Å². The summed E-state index contributed by atoms with van der Waals surface area (Å²) in [6.45, 7) is 1.05. The number of morpholine rings is 1. The van der Waals surface area contributed by atoms with Gasteiger partial charge >= 0.3 is 0 Å². The van der Waals surface area contributed by atoms with E-state index in [1.54, 1.807) is 27.5 Å². The lowest BCUT2D eigenvalue weighted by atomic mass is 9.93. The summed E-state index contributed by atoms with van der Waals surface area (Å²) in [5, 5.41) is 13.3. The number of fused-ring (bicyclic) bond motifs is 4. The van der Waals surface area contributed by atoms with E-state index >= 15 is 0 Å². The molecule has 2 unspecified atom stereocenters. The lowest BCUT2D eigenvalue weighted by Gasteiger charge is -2.51. The van der Waals surface area contributed by atoms with Gasteiger partial charge in [-0.05, 0) is 23.3 Å². The molecule has 0 saturated carbocycles. The first-order chi connectivity index (χ1) is 16.1. The van der Waals surface area contributed by atoms with Gasteiger partial charge in [0.2, 0.25) is 5.43 Å². The molecule has 3 aromatic rings. The Morgan fingerprint density at radius 2 is 1.94 bits per heavy atom. The molecule has 1 fully saturated rings. The quantitative estimate of drug-likeness (QED) is 0.574. The molecule has 2 atom stereocenters. The van der Waals surface area contributed by atoms with E-state index in [-0.39, 0.29) is 17.6 Å². The summed E-state index contributed by atoms with van der Waals surface area (Å²) in [4.78, 5) is 28.4. The zero-order valence-corrected chi connectivity index (χ0v) is 19.1. The van der Waals surface area contributed by atoms with Gasteiger partial charge in [-0.15, -0.1) is 11.8 Å². The fraction of sp³-hybridized carbons (Fsp3) is 0.250. The highest BCUT2D eigenvalue weighted by molar-refractivity contribution is 7.98. The Balaban J connectivity index is 1.68. The maximum Gasteiger partial charge on any atom is 0.278 e. The van der Waals surface area contributed by atoms with Crippen LogP contribution in [0.3, 0.4) is 0 Å². The number of amides is 1. The Hall–Kier alpha value is -2.94. The van der Waals surface area contributed by atoms with E-state index in [4.69, 9.17) is 16.3 Å². The van der Waals surface area contributed by atoms with Crippen LogP contribution in [-0.4, -0.2) is 46.5 Å². The first-order valence-corrected chi connectivity index (χ1v) is 12.0. The van der Waals surface area contributed by atoms with Crippen LogP contribution in [0.1, 0.15) is 33.2 Å². The molecule has 1 N–H and O–H groups in total. The van der Waals surface area contributed by atoms with Crippen LogP contribution in [0.25, 0.3) is 0 Å². The lowest BCUT2D eigenvalue weighted by Crippen LogP contribution is -2.66. The van der Waals surface area contributed by atoms with Gasteiger partial charge < -0.3 is 14.7 Å². The molecule has 0 bridgehead atoms. The molecule has 6 rings (SSSR count). The summed E-state index contributed by atoms with van der Waals surface area (Å²) in [6.07, 6.45) is 1.12. The van der Waals surface area contributed by atoms with E-state index < -0.39 is 17.3 Å². The number of carbonyl (C=O) groups excluding carboxylic acids is 1. The predicted molar refractivity (Wildman–Crippen MR) is 126 cm³/mol. The van der Waals surface area contributed by atoms with Gasteiger partial charge in [0.1, 0.15) is 12.2 Å². The number of halogens is 1. The van der Waals surface area contributed by atoms with Gasteiger partial charge in [-0.1, -0.05) is 41.9 Å². The Kier molecular flexibility index (Phi) is 4.90. The number of pyridine rings is 1. The molecule has 1 aromatic heterocycles. The van der Waals surface area contributed by atoms with Gasteiger partial charge in [0, 0.05) is 40.0 Å². The van der Waals surface area contributed by atoms with Gasteiger partial charge in [0.25, 0.3) is 5.91 Å². The number of benzene rings is 2. The molecule has 168 valence electrons. The van der Waals surface area contributed by atoms with E-state index in [0.29, 0.717) is 24.8 Å². The van der Waals surface area contributed by atoms with Crippen molar-refractivity contribution in [2.45, 2.75) is 22.9 Å². The van der Waals surface area contributed by atoms with Crippen LogP contribution in [0, 0.1) is 0 Å². The molecule has 0 radical (unpaired) electrons. The number of hydrogen-bond acceptors (Lipinski definition) is 6. The first kappa shape index (κ1) is 20.7. The first-order valence-electron chi connectivity index (χ1n) is 10.7. The van der Waals surface area contributed by atoms with Crippen LogP contribution >= 0.6 is 23.4 Å². The minimum atomic E-state index is -0.587. The molecule has 2 aromatic carbocycles. The fourth-order valence-electron chi connectivity index (χ4n) is 4.97. The third-order valence-corrected chi connectivity index (χ3v) is 7.92. The van der Waals surface area contributed by atoms with Crippen LogP contribution in [-0.2, 0) is 10.5 Å². The predicted octanol–water partition coefficient (Wildman–Crippen LogP) is 3.35. The molecule has 7 nitrogen and oxygen atoms in total. The number of thioether (sulfide) groups is 1. The fourth-order valence-corrected chi connectivity index (χ4v) is 6.35. The Bertz CT molecular complexity index is 1340. The summed E-state index contributed by atoms with van der Waals surface area (Å²) in [7, 11) is 0. The van der Waals surface area contributed by atoms with Crippen molar-refractivity contribution in [2.75, 3.05) is 24.8 Å². The van der Waals surface area contributed by atoms with Gasteiger partial charge in [0.05, 0.1) is 13.2 Å². The van der Waals surface area contributed by atoms with Gasteiger partial charge in [-0.3, -0.25) is 19.3 Å².